The molecule has 2 rings (SSSR count). The smallest absolute Gasteiger partial charge is 0.329 e. The highest BCUT2D eigenvalue weighted by Crippen LogP contribution is 2.22. The maximum atomic E-state index is 12.0. The third-order valence-corrected chi connectivity index (χ3v) is 3.64. The maximum Gasteiger partial charge on any atom is 0.329 e. The van der Waals surface area contributed by atoms with Gasteiger partial charge in [0.2, 0.25) is 0 Å². The first-order valence-electron chi connectivity index (χ1n) is 7.88. The Morgan fingerprint density at radius 2 is 1.77 bits per heavy atom. The number of ether oxygens (including phenoxy) is 2. The third kappa shape index (κ3) is 4.83. The number of anilines is 1. The monoisotopic (exact) mass is 355 g/mol. The zero-order valence-electron chi connectivity index (χ0n) is 15.1. The number of hydrazone groups is 1. The lowest BCUT2D eigenvalue weighted by Gasteiger charge is -2.08. The van der Waals surface area contributed by atoms with Crippen molar-refractivity contribution in [3.63, 3.8) is 0 Å². The molecule has 0 radical (unpaired) electrons. The second-order valence-corrected chi connectivity index (χ2v) is 5.58. The molecule has 2 aromatic rings. The molecule has 0 aromatic heterocycles. The lowest BCUT2D eigenvalue weighted by molar-refractivity contribution is -0.136. The van der Waals surface area contributed by atoms with Crippen molar-refractivity contribution in [1.29, 1.82) is 0 Å². The molecule has 7 nitrogen and oxygen atoms in total. The number of aryl methyl sites for hydroxylation is 2. The number of benzene rings is 2. The molecule has 0 saturated heterocycles. The van der Waals surface area contributed by atoms with E-state index in [9.17, 15) is 9.59 Å². The minimum Gasteiger partial charge on any atom is -0.497 e. The van der Waals surface area contributed by atoms with Crippen molar-refractivity contribution in [3.05, 3.63) is 53.1 Å². The van der Waals surface area contributed by atoms with E-state index in [0.29, 0.717) is 22.7 Å². The molecular formula is C19H21N3O4. The van der Waals surface area contributed by atoms with Crippen molar-refractivity contribution < 1.29 is 19.1 Å². The summed E-state index contributed by atoms with van der Waals surface area (Å²) in [7, 11) is 3.07. The van der Waals surface area contributed by atoms with Gasteiger partial charge in [0.25, 0.3) is 0 Å². The highest BCUT2D eigenvalue weighted by Gasteiger charge is 2.14. The number of carbonyl (C=O) groups is 2. The van der Waals surface area contributed by atoms with Crippen LogP contribution in [-0.4, -0.2) is 32.2 Å². The van der Waals surface area contributed by atoms with Crippen molar-refractivity contribution in [3.8, 4) is 11.5 Å². The van der Waals surface area contributed by atoms with Crippen LogP contribution in [0.15, 0.2) is 41.5 Å². The Hall–Kier alpha value is -3.35. The third-order valence-electron chi connectivity index (χ3n) is 3.64. The molecule has 26 heavy (non-hydrogen) atoms. The van der Waals surface area contributed by atoms with Crippen molar-refractivity contribution in [1.82, 2.24) is 5.43 Å². The van der Waals surface area contributed by atoms with Crippen LogP contribution in [-0.2, 0) is 9.59 Å². The van der Waals surface area contributed by atoms with Gasteiger partial charge < -0.3 is 14.8 Å². The van der Waals surface area contributed by atoms with E-state index in [0.717, 1.165) is 11.1 Å². The highest BCUT2D eigenvalue weighted by atomic mass is 16.5. The quantitative estimate of drug-likeness (QED) is 0.490. The molecule has 2 N–H and O–H groups in total. The minimum absolute atomic E-state index is 0.559. The van der Waals surface area contributed by atoms with Crippen molar-refractivity contribution in [2.75, 3.05) is 19.5 Å². The number of methoxy groups -OCH3 is 2. The molecule has 136 valence electrons. The maximum absolute atomic E-state index is 12.0. The van der Waals surface area contributed by atoms with Gasteiger partial charge in [0.15, 0.2) is 0 Å². The Morgan fingerprint density at radius 1 is 1.00 bits per heavy atom. The Labute approximate surface area is 152 Å². The van der Waals surface area contributed by atoms with Gasteiger partial charge in [-0.3, -0.25) is 9.59 Å². The number of hydrogen-bond acceptors (Lipinski definition) is 5. The van der Waals surface area contributed by atoms with Gasteiger partial charge in [-0.1, -0.05) is 17.7 Å². The average Bonchev–Trinajstić information content (AvgIpc) is 2.63. The zero-order chi connectivity index (χ0) is 19.1. The van der Waals surface area contributed by atoms with E-state index in [-0.39, 0.29) is 0 Å². The summed E-state index contributed by atoms with van der Waals surface area (Å²) >= 11 is 0. The van der Waals surface area contributed by atoms with Gasteiger partial charge in [-0.2, -0.15) is 5.10 Å². The van der Waals surface area contributed by atoms with Gasteiger partial charge in [-0.05, 0) is 43.7 Å². The fraction of sp³-hybridized carbons (Fsp3) is 0.211. The predicted octanol–water partition coefficient (Wildman–Crippen LogP) is 2.41. The van der Waals surface area contributed by atoms with Gasteiger partial charge >= 0.3 is 11.8 Å². The van der Waals surface area contributed by atoms with E-state index in [1.807, 2.05) is 26.0 Å². The first-order valence-corrected chi connectivity index (χ1v) is 7.88. The normalized spacial score (nSPS) is 10.5. The summed E-state index contributed by atoms with van der Waals surface area (Å²) in [5, 5.41) is 6.36. The largest absolute Gasteiger partial charge is 0.497 e. The number of amides is 2. The summed E-state index contributed by atoms with van der Waals surface area (Å²) < 4.78 is 10.4. The minimum atomic E-state index is -0.872. The van der Waals surface area contributed by atoms with Gasteiger partial charge in [0.05, 0.1) is 20.4 Å². The van der Waals surface area contributed by atoms with Crippen LogP contribution in [0.5, 0.6) is 11.5 Å². The second kappa shape index (κ2) is 8.66. The average molecular weight is 355 g/mol. The number of hydrogen-bond donors (Lipinski definition) is 2. The van der Waals surface area contributed by atoms with Crippen molar-refractivity contribution in [2.24, 2.45) is 5.10 Å². The van der Waals surface area contributed by atoms with Crippen molar-refractivity contribution >= 4 is 23.7 Å². The highest BCUT2D eigenvalue weighted by molar-refractivity contribution is 6.39. The van der Waals surface area contributed by atoms with E-state index in [1.54, 1.807) is 31.4 Å². The topological polar surface area (TPSA) is 89.0 Å². The van der Waals surface area contributed by atoms with Crippen LogP contribution < -0.4 is 20.2 Å². The Bertz CT molecular complexity index is 847. The van der Waals surface area contributed by atoms with E-state index in [2.05, 4.69) is 15.8 Å². The summed E-state index contributed by atoms with van der Waals surface area (Å²) in [6.07, 6.45) is 1.38. The molecule has 0 fully saturated rings. The number of nitrogens with zero attached hydrogens (tertiary/aromatic N) is 1. The summed E-state index contributed by atoms with van der Waals surface area (Å²) in [6.45, 7) is 3.81. The lowest BCUT2D eigenvalue weighted by Crippen LogP contribution is -2.32. The number of nitrogens with one attached hydrogen (secondary N) is 2. The molecule has 0 spiro atoms. The molecule has 0 atom stereocenters. The van der Waals surface area contributed by atoms with Crippen LogP contribution >= 0.6 is 0 Å². The van der Waals surface area contributed by atoms with Crippen molar-refractivity contribution in [2.45, 2.75) is 13.8 Å². The SMILES string of the molecule is COc1ccc(OC)c(/C=N/NC(=O)C(=O)Nc2ccc(C)cc2C)c1. The van der Waals surface area contributed by atoms with Gasteiger partial charge in [0.1, 0.15) is 11.5 Å². The summed E-state index contributed by atoms with van der Waals surface area (Å²) in [5.74, 6) is -0.496. The Kier molecular flexibility index (Phi) is 6.32. The molecule has 0 bridgehead atoms. The molecule has 0 aliphatic carbocycles. The molecule has 0 saturated carbocycles. The summed E-state index contributed by atoms with van der Waals surface area (Å²) in [5.41, 5.74) is 5.31. The lowest BCUT2D eigenvalue weighted by atomic mass is 10.1. The summed E-state index contributed by atoms with van der Waals surface area (Å²) in [6, 6.07) is 10.7. The Morgan fingerprint density at radius 3 is 2.42 bits per heavy atom. The van der Waals surface area contributed by atoms with Gasteiger partial charge in [-0.15, -0.1) is 0 Å². The van der Waals surface area contributed by atoms with E-state index >= 15 is 0 Å². The number of carbonyl (C=O) groups excluding carboxylic acids is 2. The standard InChI is InChI=1S/C19H21N3O4/c1-12-5-7-16(13(2)9-12)21-18(23)19(24)22-20-11-14-10-15(25-3)6-8-17(14)26-4/h5-11H,1-4H3,(H,21,23)(H,22,24)/b20-11+. The number of rotatable bonds is 5. The van der Waals surface area contributed by atoms with Crippen LogP contribution in [0.4, 0.5) is 5.69 Å². The zero-order valence-corrected chi connectivity index (χ0v) is 15.1. The van der Waals surface area contributed by atoms with Gasteiger partial charge in [-0.25, -0.2) is 5.43 Å². The Balaban J connectivity index is 2.01. The van der Waals surface area contributed by atoms with Crippen LogP contribution in [0.25, 0.3) is 0 Å². The molecule has 0 heterocycles. The van der Waals surface area contributed by atoms with E-state index in [1.165, 1.54) is 13.3 Å². The molecule has 2 amide bonds. The van der Waals surface area contributed by atoms with E-state index < -0.39 is 11.8 Å². The fourth-order valence-electron chi connectivity index (χ4n) is 2.28. The van der Waals surface area contributed by atoms with Crippen LogP contribution in [0.1, 0.15) is 16.7 Å². The molecule has 7 heteroatoms. The molecular weight excluding hydrogens is 334 g/mol. The molecule has 0 unspecified atom stereocenters. The molecule has 0 aliphatic rings. The predicted molar refractivity (Wildman–Crippen MR) is 99.8 cm³/mol. The second-order valence-electron chi connectivity index (χ2n) is 5.58. The molecule has 2 aromatic carbocycles. The van der Waals surface area contributed by atoms with E-state index in [4.69, 9.17) is 9.47 Å². The van der Waals surface area contributed by atoms with Gasteiger partial charge in [0, 0.05) is 11.3 Å². The molecule has 0 aliphatic heterocycles. The fourth-order valence-corrected chi connectivity index (χ4v) is 2.28. The van der Waals surface area contributed by atoms with Crippen LogP contribution in [0.3, 0.4) is 0 Å². The summed E-state index contributed by atoms with van der Waals surface area (Å²) in [4.78, 5) is 23.9. The first kappa shape index (κ1) is 19.0. The van der Waals surface area contributed by atoms with Crippen LogP contribution in [0, 0.1) is 13.8 Å². The first-order chi connectivity index (χ1) is 12.4. The van der Waals surface area contributed by atoms with Crippen LogP contribution in [0.2, 0.25) is 0 Å².